The lowest BCUT2D eigenvalue weighted by atomic mass is 10.1. The minimum atomic E-state index is 0.102. The second-order valence-electron chi connectivity index (χ2n) is 6.47. The lowest BCUT2D eigenvalue weighted by molar-refractivity contribution is -0.125. The molecule has 0 heterocycles. The molecule has 19 heavy (non-hydrogen) atoms. The molecule has 0 aliphatic heterocycles. The number of hydrogen-bond acceptors (Lipinski definition) is 2. The first-order valence-corrected chi connectivity index (χ1v) is 7.47. The lowest BCUT2D eigenvalue weighted by Gasteiger charge is -2.23. The zero-order chi connectivity index (χ0) is 14.4. The van der Waals surface area contributed by atoms with E-state index < -0.39 is 0 Å². The molecule has 0 aromatic rings. The topological polar surface area (TPSA) is 58.2 Å². The molecule has 0 saturated heterocycles. The van der Waals surface area contributed by atoms with E-state index in [1.807, 2.05) is 27.7 Å². The van der Waals surface area contributed by atoms with Gasteiger partial charge in [0.15, 0.2) is 0 Å². The number of hydrogen-bond donors (Lipinski definition) is 2. The van der Waals surface area contributed by atoms with Crippen LogP contribution in [0.2, 0.25) is 0 Å². The summed E-state index contributed by atoms with van der Waals surface area (Å²) in [5.74, 6) is 0.945. The molecule has 1 saturated carbocycles. The van der Waals surface area contributed by atoms with Crippen LogP contribution in [0.5, 0.6) is 0 Å². The maximum absolute atomic E-state index is 11.8. The Morgan fingerprint density at radius 3 is 1.58 bits per heavy atom. The van der Waals surface area contributed by atoms with Crippen molar-refractivity contribution < 1.29 is 9.59 Å². The predicted octanol–water partition coefficient (Wildman–Crippen LogP) is 2.23. The average Bonchev–Trinajstić information content (AvgIpc) is 2.62. The second-order valence-corrected chi connectivity index (χ2v) is 6.47. The Morgan fingerprint density at radius 2 is 1.26 bits per heavy atom. The summed E-state index contributed by atoms with van der Waals surface area (Å²) in [7, 11) is 0. The molecule has 4 heteroatoms. The van der Waals surface area contributed by atoms with Gasteiger partial charge in [-0.1, -0.05) is 27.7 Å². The minimum absolute atomic E-state index is 0.102. The quantitative estimate of drug-likeness (QED) is 0.776. The summed E-state index contributed by atoms with van der Waals surface area (Å²) in [6, 6.07) is 0.227. The van der Waals surface area contributed by atoms with Crippen LogP contribution in [0.3, 0.4) is 0 Å². The van der Waals surface area contributed by atoms with Gasteiger partial charge in [0, 0.05) is 24.9 Å². The van der Waals surface area contributed by atoms with Crippen molar-refractivity contribution in [1.29, 1.82) is 0 Å². The molecular formula is C15H28N2O2. The molecule has 0 radical (unpaired) electrons. The van der Waals surface area contributed by atoms with Crippen molar-refractivity contribution in [3.8, 4) is 0 Å². The number of rotatable bonds is 6. The number of amides is 2. The normalized spacial score (nSPS) is 22.8. The molecule has 0 spiro atoms. The molecule has 110 valence electrons. The van der Waals surface area contributed by atoms with E-state index >= 15 is 0 Å². The summed E-state index contributed by atoms with van der Waals surface area (Å²) in [6.07, 6.45) is 4.12. The monoisotopic (exact) mass is 268 g/mol. The lowest BCUT2D eigenvalue weighted by Crippen LogP contribution is -2.48. The molecular weight excluding hydrogens is 240 g/mol. The van der Waals surface area contributed by atoms with Crippen LogP contribution in [0.1, 0.15) is 59.8 Å². The Morgan fingerprint density at radius 1 is 0.895 bits per heavy atom. The second kappa shape index (κ2) is 7.51. The summed E-state index contributed by atoms with van der Waals surface area (Å²) in [5.41, 5.74) is 0. The van der Waals surface area contributed by atoms with Crippen LogP contribution < -0.4 is 10.6 Å². The fourth-order valence-electron chi connectivity index (χ4n) is 2.58. The average molecular weight is 268 g/mol. The summed E-state index contributed by atoms with van der Waals surface area (Å²) >= 11 is 0. The highest BCUT2D eigenvalue weighted by Gasteiger charge is 2.29. The van der Waals surface area contributed by atoms with E-state index in [2.05, 4.69) is 10.6 Å². The first kappa shape index (κ1) is 16.0. The van der Waals surface area contributed by atoms with E-state index in [1.165, 1.54) is 0 Å². The third-order valence-corrected chi connectivity index (χ3v) is 3.40. The van der Waals surface area contributed by atoms with Crippen LogP contribution in [0.25, 0.3) is 0 Å². The number of carbonyl (C=O) groups is 2. The molecule has 0 unspecified atom stereocenters. The van der Waals surface area contributed by atoms with Gasteiger partial charge in [-0.15, -0.1) is 0 Å². The molecule has 1 fully saturated rings. The van der Waals surface area contributed by atoms with Crippen molar-refractivity contribution in [2.45, 2.75) is 71.9 Å². The first-order valence-electron chi connectivity index (χ1n) is 7.47. The Labute approximate surface area is 116 Å². The van der Waals surface area contributed by atoms with Crippen LogP contribution in [-0.4, -0.2) is 23.9 Å². The van der Waals surface area contributed by atoms with Crippen molar-refractivity contribution in [2.75, 3.05) is 0 Å². The van der Waals surface area contributed by atoms with Crippen molar-refractivity contribution in [1.82, 2.24) is 10.6 Å². The van der Waals surface area contributed by atoms with Crippen molar-refractivity contribution in [3.05, 3.63) is 0 Å². The Hall–Kier alpha value is -1.06. The first-order chi connectivity index (χ1) is 8.88. The smallest absolute Gasteiger partial charge is 0.220 e. The Bertz CT molecular complexity index is 283. The van der Waals surface area contributed by atoms with Gasteiger partial charge < -0.3 is 10.6 Å². The Balaban J connectivity index is 2.41. The number of nitrogens with one attached hydrogen (secondary N) is 2. The third-order valence-electron chi connectivity index (χ3n) is 3.40. The van der Waals surface area contributed by atoms with Gasteiger partial charge in [0.25, 0.3) is 0 Å². The predicted molar refractivity (Wildman–Crippen MR) is 76.6 cm³/mol. The zero-order valence-electron chi connectivity index (χ0n) is 12.7. The molecule has 2 atom stereocenters. The molecule has 4 nitrogen and oxygen atoms in total. The van der Waals surface area contributed by atoms with Crippen molar-refractivity contribution in [3.63, 3.8) is 0 Å². The molecule has 0 bridgehead atoms. The van der Waals surface area contributed by atoms with Gasteiger partial charge in [-0.2, -0.15) is 0 Å². The maximum Gasteiger partial charge on any atom is 0.220 e. The largest absolute Gasteiger partial charge is 0.351 e. The van der Waals surface area contributed by atoms with E-state index in [0.717, 1.165) is 19.3 Å². The van der Waals surface area contributed by atoms with Crippen LogP contribution in [0.15, 0.2) is 0 Å². The van der Waals surface area contributed by atoms with Gasteiger partial charge in [0.2, 0.25) is 11.8 Å². The third kappa shape index (κ3) is 6.08. The Kier molecular flexibility index (Phi) is 6.32. The van der Waals surface area contributed by atoms with Gasteiger partial charge in [-0.05, 0) is 31.1 Å². The van der Waals surface area contributed by atoms with Crippen molar-refractivity contribution >= 4 is 11.8 Å². The molecule has 1 rings (SSSR count). The minimum Gasteiger partial charge on any atom is -0.351 e. The maximum atomic E-state index is 11.8. The highest BCUT2D eigenvalue weighted by molar-refractivity contribution is 5.78. The van der Waals surface area contributed by atoms with E-state index in [0.29, 0.717) is 24.7 Å². The summed E-state index contributed by atoms with van der Waals surface area (Å²) in [4.78, 5) is 23.6. The highest BCUT2D eigenvalue weighted by Crippen LogP contribution is 2.20. The van der Waals surface area contributed by atoms with Crippen molar-refractivity contribution in [2.24, 2.45) is 11.8 Å². The van der Waals surface area contributed by atoms with Gasteiger partial charge in [0.1, 0.15) is 0 Å². The van der Waals surface area contributed by atoms with Crippen LogP contribution in [0, 0.1) is 11.8 Å². The van der Waals surface area contributed by atoms with Gasteiger partial charge in [0.05, 0.1) is 0 Å². The van der Waals surface area contributed by atoms with Crippen LogP contribution in [0.4, 0.5) is 0 Å². The van der Waals surface area contributed by atoms with E-state index in [-0.39, 0.29) is 23.9 Å². The SMILES string of the molecule is CC(C)CC(=O)N[C@@H]1CCC[C@H]1NC(=O)CC(C)C. The van der Waals surface area contributed by atoms with E-state index in [9.17, 15) is 9.59 Å². The molecule has 0 aromatic carbocycles. The van der Waals surface area contributed by atoms with Crippen LogP contribution >= 0.6 is 0 Å². The molecule has 0 aromatic heterocycles. The molecule has 1 aliphatic rings. The zero-order valence-corrected chi connectivity index (χ0v) is 12.7. The summed E-state index contributed by atoms with van der Waals surface area (Å²) < 4.78 is 0. The molecule has 2 N–H and O–H groups in total. The summed E-state index contributed by atoms with van der Waals surface area (Å²) in [6.45, 7) is 8.15. The molecule has 2 amide bonds. The number of carbonyl (C=O) groups excluding carboxylic acids is 2. The van der Waals surface area contributed by atoms with Gasteiger partial charge in [-0.25, -0.2) is 0 Å². The standard InChI is InChI=1S/C15H28N2O2/c1-10(2)8-14(18)16-12-6-5-7-13(12)17-15(19)9-11(3)4/h10-13H,5-9H2,1-4H3,(H,16,18)(H,17,19)/t12-,13-/m1/s1. The fourth-order valence-corrected chi connectivity index (χ4v) is 2.58. The molecule has 1 aliphatic carbocycles. The van der Waals surface area contributed by atoms with E-state index in [4.69, 9.17) is 0 Å². The van der Waals surface area contributed by atoms with Crippen LogP contribution in [-0.2, 0) is 9.59 Å². The van der Waals surface area contributed by atoms with E-state index in [1.54, 1.807) is 0 Å². The fraction of sp³-hybridized carbons (Fsp3) is 0.867. The highest BCUT2D eigenvalue weighted by atomic mass is 16.2. The summed E-state index contributed by atoms with van der Waals surface area (Å²) in [5, 5.41) is 6.13. The van der Waals surface area contributed by atoms with Gasteiger partial charge >= 0.3 is 0 Å². The van der Waals surface area contributed by atoms with Gasteiger partial charge in [-0.3, -0.25) is 9.59 Å².